The van der Waals surface area contributed by atoms with Crippen LogP contribution in [0.4, 0.5) is 0 Å². The first kappa shape index (κ1) is 8.91. The number of thiazole rings is 1. The Bertz CT molecular complexity index is 408. The van der Waals surface area contributed by atoms with E-state index < -0.39 is 0 Å². The third-order valence-corrected chi connectivity index (χ3v) is 3.24. The number of aryl methyl sites for hydroxylation is 1. The van der Waals surface area contributed by atoms with E-state index in [1.807, 2.05) is 18.2 Å². The number of aromatic nitrogens is 1. The van der Waals surface area contributed by atoms with Crippen LogP contribution in [0.2, 0.25) is 0 Å². The first-order valence-electron chi connectivity index (χ1n) is 3.96. The van der Waals surface area contributed by atoms with Gasteiger partial charge >= 0.3 is 0 Å². The van der Waals surface area contributed by atoms with Crippen LogP contribution in [0.3, 0.4) is 0 Å². The molecule has 0 N–H and O–H groups in total. The number of halogens is 1. The molecular formula is C10H8BrNS. The highest BCUT2D eigenvalue weighted by molar-refractivity contribution is 9.11. The van der Waals surface area contributed by atoms with E-state index in [1.165, 1.54) is 10.4 Å². The number of rotatable bonds is 1. The lowest BCUT2D eigenvalue weighted by atomic mass is 10.1. The molecule has 3 heteroatoms. The van der Waals surface area contributed by atoms with E-state index in [2.05, 4.69) is 40.0 Å². The maximum absolute atomic E-state index is 4.42. The highest BCUT2D eigenvalue weighted by Gasteiger charge is 2.06. The van der Waals surface area contributed by atoms with Crippen molar-refractivity contribution < 1.29 is 0 Å². The molecule has 2 rings (SSSR count). The van der Waals surface area contributed by atoms with Crippen LogP contribution in [-0.4, -0.2) is 4.98 Å². The third kappa shape index (κ3) is 1.81. The number of hydrogen-bond donors (Lipinski definition) is 0. The van der Waals surface area contributed by atoms with Crippen molar-refractivity contribution in [2.75, 3.05) is 0 Å². The van der Waals surface area contributed by atoms with Crippen LogP contribution in [0.25, 0.3) is 11.3 Å². The predicted octanol–water partition coefficient (Wildman–Crippen LogP) is 3.88. The van der Waals surface area contributed by atoms with E-state index in [9.17, 15) is 0 Å². The van der Waals surface area contributed by atoms with Gasteiger partial charge in [-0.25, -0.2) is 4.98 Å². The van der Waals surface area contributed by atoms with E-state index in [0.717, 1.165) is 9.61 Å². The van der Waals surface area contributed by atoms with Gasteiger partial charge in [-0.15, -0.1) is 11.3 Å². The Kier molecular flexibility index (Phi) is 2.47. The summed E-state index contributed by atoms with van der Waals surface area (Å²) < 4.78 is 0.948. The first-order valence-corrected chi connectivity index (χ1v) is 5.56. The summed E-state index contributed by atoms with van der Waals surface area (Å²) in [6.07, 6.45) is 0. The van der Waals surface area contributed by atoms with Crippen LogP contribution < -0.4 is 0 Å². The number of nitrogens with zero attached hydrogens (tertiary/aromatic N) is 1. The zero-order valence-electron chi connectivity index (χ0n) is 7.12. The van der Waals surface area contributed by atoms with E-state index in [1.54, 1.807) is 11.3 Å². The van der Waals surface area contributed by atoms with Gasteiger partial charge in [-0.1, -0.05) is 30.3 Å². The highest BCUT2D eigenvalue weighted by Crippen LogP contribution is 2.29. The Morgan fingerprint density at radius 3 is 2.46 bits per heavy atom. The Labute approximate surface area is 89.6 Å². The largest absolute Gasteiger partial charge is 0.229 e. The fourth-order valence-corrected chi connectivity index (χ4v) is 2.78. The van der Waals surface area contributed by atoms with E-state index >= 15 is 0 Å². The molecule has 1 heterocycles. The van der Waals surface area contributed by atoms with Gasteiger partial charge in [0.05, 0.1) is 5.69 Å². The molecule has 13 heavy (non-hydrogen) atoms. The Hall–Kier alpha value is -0.670. The molecule has 0 aliphatic rings. The molecule has 0 fully saturated rings. The quantitative estimate of drug-likeness (QED) is 0.752. The molecule has 1 aromatic carbocycles. The average Bonchev–Trinajstić information content (AvgIpc) is 2.47. The molecule has 0 bridgehead atoms. The van der Waals surface area contributed by atoms with Crippen LogP contribution >= 0.6 is 27.3 Å². The molecule has 0 amide bonds. The third-order valence-electron chi connectivity index (χ3n) is 1.82. The molecule has 0 radical (unpaired) electrons. The highest BCUT2D eigenvalue weighted by atomic mass is 79.9. The minimum atomic E-state index is 0.948. The summed E-state index contributed by atoms with van der Waals surface area (Å²) >= 11 is 5.06. The van der Waals surface area contributed by atoms with Gasteiger partial charge < -0.3 is 0 Å². The van der Waals surface area contributed by atoms with Crippen molar-refractivity contribution in [3.05, 3.63) is 39.1 Å². The van der Waals surface area contributed by atoms with Crippen LogP contribution in [0, 0.1) is 6.92 Å². The first-order chi connectivity index (χ1) is 6.27. The van der Waals surface area contributed by atoms with Crippen molar-refractivity contribution in [2.45, 2.75) is 6.92 Å². The van der Waals surface area contributed by atoms with Crippen molar-refractivity contribution in [2.24, 2.45) is 0 Å². The van der Waals surface area contributed by atoms with Crippen LogP contribution in [0.5, 0.6) is 0 Å². The molecule has 0 aliphatic heterocycles. The molecule has 0 atom stereocenters. The van der Waals surface area contributed by atoms with Crippen molar-refractivity contribution in [3.63, 3.8) is 0 Å². The van der Waals surface area contributed by atoms with Gasteiger partial charge in [0.1, 0.15) is 0 Å². The lowest BCUT2D eigenvalue weighted by Gasteiger charge is -1.96. The second-order valence-corrected chi connectivity index (χ2v) is 5.22. The van der Waals surface area contributed by atoms with Gasteiger partial charge in [0.15, 0.2) is 3.92 Å². The Balaban J connectivity index is 2.53. The summed E-state index contributed by atoms with van der Waals surface area (Å²) in [5, 5.41) is 0. The molecule has 0 spiro atoms. The van der Waals surface area contributed by atoms with Crippen molar-refractivity contribution in [1.29, 1.82) is 0 Å². The smallest absolute Gasteiger partial charge is 0.160 e. The summed E-state index contributed by atoms with van der Waals surface area (Å²) in [4.78, 5) is 5.66. The van der Waals surface area contributed by atoms with Gasteiger partial charge in [-0.2, -0.15) is 0 Å². The van der Waals surface area contributed by atoms with Gasteiger partial charge in [0.2, 0.25) is 0 Å². The fourth-order valence-electron chi connectivity index (χ4n) is 1.23. The standard InChI is InChI=1S/C10H8BrNS/c1-7-9(12-10(11)13-7)8-5-3-2-4-6-8/h2-6H,1H3. The van der Waals surface area contributed by atoms with Crippen molar-refractivity contribution in [1.82, 2.24) is 4.98 Å². The maximum atomic E-state index is 4.42. The monoisotopic (exact) mass is 253 g/mol. The van der Waals surface area contributed by atoms with E-state index in [0.29, 0.717) is 0 Å². The predicted molar refractivity (Wildman–Crippen MR) is 60.0 cm³/mol. The van der Waals surface area contributed by atoms with Gasteiger partial charge in [-0.05, 0) is 22.9 Å². The summed E-state index contributed by atoms with van der Waals surface area (Å²) in [7, 11) is 0. The summed E-state index contributed by atoms with van der Waals surface area (Å²) in [5.74, 6) is 0. The molecule has 0 aliphatic carbocycles. The van der Waals surface area contributed by atoms with E-state index in [-0.39, 0.29) is 0 Å². The lowest BCUT2D eigenvalue weighted by molar-refractivity contribution is 1.35. The lowest BCUT2D eigenvalue weighted by Crippen LogP contribution is -1.78. The average molecular weight is 254 g/mol. The maximum Gasteiger partial charge on any atom is 0.160 e. The van der Waals surface area contributed by atoms with Gasteiger partial charge in [0.25, 0.3) is 0 Å². The number of hydrogen-bond acceptors (Lipinski definition) is 2. The van der Waals surface area contributed by atoms with Crippen LogP contribution in [-0.2, 0) is 0 Å². The zero-order chi connectivity index (χ0) is 9.26. The molecule has 1 nitrogen and oxygen atoms in total. The van der Waals surface area contributed by atoms with E-state index in [4.69, 9.17) is 0 Å². The minimum Gasteiger partial charge on any atom is -0.229 e. The van der Waals surface area contributed by atoms with Crippen LogP contribution in [0.1, 0.15) is 4.88 Å². The number of benzene rings is 1. The van der Waals surface area contributed by atoms with Crippen molar-refractivity contribution in [3.8, 4) is 11.3 Å². The van der Waals surface area contributed by atoms with Crippen molar-refractivity contribution >= 4 is 27.3 Å². The molecule has 1 aromatic heterocycles. The Morgan fingerprint density at radius 1 is 1.23 bits per heavy atom. The second kappa shape index (κ2) is 3.60. The topological polar surface area (TPSA) is 12.9 Å². The molecular weight excluding hydrogens is 246 g/mol. The SMILES string of the molecule is Cc1sc(Br)nc1-c1ccccc1. The van der Waals surface area contributed by atoms with Gasteiger partial charge in [-0.3, -0.25) is 0 Å². The fraction of sp³-hybridized carbons (Fsp3) is 0.100. The molecule has 0 saturated heterocycles. The molecule has 66 valence electrons. The van der Waals surface area contributed by atoms with Crippen LogP contribution in [0.15, 0.2) is 34.2 Å². The van der Waals surface area contributed by atoms with Gasteiger partial charge in [0, 0.05) is 10.4 Å². The summed E-state index contributed by atoms with van der Waals surface area (Å²) in [5.41, 5.74) is 2.26. The summed E-state index contributed by atoms with van der Waals surface area (Å²) in [6, 6.07) is 10.2. The summed E-state index contributed by atoms with van der Waals surface area (Å²) in [6.45, 7) is 2.09. The zero-order valence-corrected chi connectivity index (χ0v) is 9.52. The molecule has 0 saturated carbocycles. The second-order valence-electron chi connectivity index (χ2n) is 2.74. The minimum absolute atomic E-state index is 0.948. The normalized spacial score (nSPS) is 10.3. The molecule has 2 aromatic rings. The Morgan fingerprint density at radius 2 is 1.92 bits per heavy atom. The molecule has 0 unspecified atom stereocenters.